The number of ether oxygens (including phenoxy) is 2. The minimum Gasteiger partial charge on any atom is -0.506 e. The number of carbonyl (C=O) groups excluding carboxylic acids is 1. The number of aromatic hydroxyl groups is 1. The Bertz CT molecular complexity index is 889. The molecular weight excluding hydrogens is 372 g/mol. The van der Waals surface area contributed by atoms with E-state index in [-0.39, 0.29) is 5.75 Å². The van der Waals surface area contributed by atoms with Crippen LogP contribution in [0.4, 0.5) is 0 Å². The molecule has 0 heterocycles. The van der Waals surface area contributed by atoms with Gasteiger partial charge in [-0.2, -0.15) is 8.42 Å². The van der Waals surface area contributed by atoms with Crippen molar-refractivity contribution in [1.82, 2.24) is 0 Å². The van der Waals surface area contributed by atoms with Crippen molar-refractivity contribution >= 4 is 27.7 Å². The average molecular weight is 387 g/mol. The first-order chi connectivity index (χ1) is 11.5. The zero-order valence-electron chi connectivity index (χ0n) is 13.3. The molecule has 2 aromatic rings. The van der Waals surface area contributed by atoms with Gasteiger partial charge in [-0.15, -0.1) is 0 Å². The zero-order chi connectivity index (χ0) is 18.8. The van der Waals surface area contributed by atoms with Crippen molar-refractivity contribution in [2.24, 2.45) is 0 Å². The van der Waals surface area contributed by atoms with E-state index in [4.69, 9.17) is 25.6 Å². The third kappa shape index (κ3) is 4.85. The normalized spacial score (nSPS) is 11.8. The maximum atomic E-state index is 12.3. The van der Waals surface area contributed by atoms with E-state index in [1.54, 1.807) is 24.3 Å². The fourth-order valence-corrected chi connectivity index (χ4v) is 2.56. The fourth-order valence-electron chi connectivity index (χ4n) is 1.83. The highest BCUT2D eigenvalue weighted by atomic mass is 35.5. The molecule has 0 aliphatic carbocycles. The van der Waals surface area contributed by atoms with Gasteiger partial charge in [-0.1, -0.05) is 11.6 Å². The molecule has 2 N–H and O–H groups in total. The van der Waals surface area contributed by atoms with Gasteiger partial charge in [0.05, 0.1) is 0 Å². The Morgan fingerprint density at radius 3 is 2.20 bits per heavy atom. The van der Waals surface area contributed by atoms with Crippen LogP contribution in [0.25, 0.3) is 0 Å². The first-order valence-corrected chi connectivity index (χ1v) is 8.78. The first kappa shape index (κ1) is 19.0. The lowest BCUT2D eigenvalue weighted by atomic mass is 10.1. The van der Waals surface area contributed by atoms with Crippen LogP contribution in [0.2, 0.25) is 5.02 Å². The highest BCUT2D eigenvalue weighted by Crippen LogP contribution is 2.28. The molecule has 0 fully saturated rings. The van der Waals surface area contributed by atoms with Gasteiger partial charge in [0.2, 0.25) is 5.60 Å². The number of benzene rings is 2. The lowest BCUT2D eigenvalue weighted by molar-refractivity contribution is -0.149. The number of hydrogen-bond donors (Lipinski definition) is 2. The van der Waals surface area contributed by atoms with Gasteiger partial charge >= 0.3 is 5.97 Å². The van der Waals surface area contributed by atoms with Gasteiger partial charge in [-0.05, 0) is 50.2 Å². The van der Waals surface area contributed by atoms with E-state index in [2.05, 4.69) is 0 Å². The Morgan fingerprint density at radius 2 is 1.64 bits per heavy atom. The molecule has 2 rings (SSSR count). The summed E-state index contributed by atoms with van der Waals surface area (Å²) < 4.78 is 42.0. The van der Waals surface area contributed by atoms with Crippen LogP contribution in [0.1, 0.15) is 13.8 Å². The predicted octanol–water partition coefficient (Wildman–Crippen LogP) is 3.06. The number of hydrogen-bond acceptors (Lipinski definition) is 6. The highest BCUT2D eigenvalue weighted by Gasteiger charge is 2.33. The van der Waals surface area contributed by atoms with Gasteiger partial charge in [0.1, 0.15) is 22.1 Å². The number of phenols is 1. The second-order valence-corrected chi connectivity index (χ2v) is 7.39. The topological polar surface area (TPSA) is 110 Å². The maximum Gasteiger partial charge on any atom is 0.355 e. The standard InChI is InChI=1S/C16H15ClO7S/c1-16(2,24-11-5-3-10(17)4-6-11)15(19)23-12-7-8-13(18)14(9-12)25(20,21)22/h3-9,18H,1-2H3,(H,20,21,22). The molecule has 2 aromatic carbocycles. The molecule has 134 valence electrons. The van der Waals surface area contributed by atoms with Crippen LogP contribution in [0, 0.1) is 0 Å². The van der Waals surface area contributed by atoms with Crippen LogP contribution < -0.4 is 9.47 Å². The molecule has 0 saturated heterocycles. The quantitative estimate of drug-likeness (QED) is 0.461. The monoisotopic (exact) mass is 386 g/mol. The second-order valence-electron chi connectivity index (χ2n) is 5.56. The van der Waals surface area contributed by atoms with Gasteiger partial charge in [-0.25, -0.2) is 4.79 Å². The highest BCUT2D eigenvalue weighted by molar-refractivity contribution is 7.86. The lowest BCUT2D eigenvalue weighted by Crippen LogP contribution is -2.41. The first-order valence-electron chi connectivity index (χ1n) is 6.96. The molecule has 9 heteroatoms. The summed E-state index contributed by atoms with van der Waals surface area (Å²) in [5, 5.41) is 9.98. The summed E-state index contributed by atoms with van der Waals surface area (Å²) in [5.74, 6) is -1.27. The molecule has 0 unspecified atom stereocenters. The summed E-state index contributed by atoms with van der Waals surface area (Å²) in [6, 6.07) is 9.34. The SMILES string of the molecule is CC(C)(Oc1ccc(Cl)cc1)C(=O)Oc1ccc(O)c(S(=O)(=O)O)c1. The summed E-state index contributed by atoms with van der Waals surface area (Å²) in [7, 11) is -4.66. The van der Waals surface area contributed by atoms with E-state index in [9.17, 15) is 18.3 Å². The Morgan fingerprint density at radius 1 is 1.08 bits per heavy atom. The van der Waals surface area contributed by atoms with Gasteiger partial charge in [0.25, 0.3) is 10.1 Å². The van der Waals surface area contributed by atoms with Gasteiger partial charge in [0.15, 0.2) is 0 Å². The Kier molecular flexibility index (Phi) is 5.26. The molecule has 0 aliphatic heterocycles. The average Bonchev–Trinajstić information content (AvgIpc) is 2.50. The molecule has 0 aliphatic rings. The number of esters is 1. The lowest BCUT2D eigenvalue weighted by Gasteiger charge is -2.24. The molecule has 0 saturated carbocycles. The van der Waals surface area contributed by atoms with Crippen LogP contribution >= 0.6 is 11.6 Å². The molecule has 0 radical (unpaired) electrons. The number of phenolic OH excluding ortho intramolecular Hbond substituents is 1. The molecule has 0 aromatic heterocycles. The largest absolute Gasteiger partial charge is 0.506 e. The van der Waals surface area contributed by atoms with E-state index in [0.717, 1.165) is 12.1 Å². The predicted molar refractivity (Wildman–Crippen MR) is 89.7 cm³/mol. The van der Waals surface area contributed by atoms with Crippen molar-refractivity contribution in [3.63, 3.8) is 0 Å². The van der Waals surface area contributed by atoms with Gasteiger partial charge in [-0.3, -0.25) is 4.55 Å². The van der Waals surface area contributed by atoms with E-state index in [1.165, 1.54) is 19.9 Å². The minimum atomic E-state index is -4.66. The maximum absolute atomic E-state index is 12.3. The van der Waals surface area contributed by atoms with Crippen LogP contribution in [0.5, 0.6) is 17.2 Å². The Balaban J connectivity index is 2.19. The van der Waals surface area contributed by atoms with Crippen molar-refractivity contribution in [1.29, 1.82) is 0 Å². The van der Waals surface area contributed by atoms with E-state index >= 15 is 0 Å². The summed E-state index contributed by atoms with van der Waals surface area (Å²) in [4.78, 5) is 11.5. The molecular formula is C16H15ClO7S. The molecule has 25 heavy (non-hydrogen) atoms. The summed E-state index contributed by atoms with van der Waals surface area (Å²) >= 11 is 5.78. The Hall–Kier alpha value is -2.29. The summed E-state index contributed by atoms with van der Waals surface area (Å²) in [5.41, 5.74) is -1.40. The molecule has 7 nitrogen and oxygen atoms in total. The molecule has 0 spiro atoms. The summed E-state index contributed by atoms with van der Waals surface area (Å²) in [6.07, 6.45) is 0. The van der Waals surface area contributed by atoms with Gasteiger partial charge < -0.3 is 14.6 Å². The fraction of sp³-hybridized carbons (Fsp3) is 0.188. The van der Waals surface area contributed by atoms with Crippen molar-refractivity contribution in [3.05, 3.63) is 47.5 Å². The third-order valence-corrected chi connectivity index (χ3v) is 4.23. The Labute approximate surface area is 149 Å². The molecule has 0 amide bonds. The van der Waals surface area contributed by atoms with Crippen LogP contribution in [0.3, 0.4) is 0 Å². The number of rotatable bonds is 5. The smallest absolute Gasteiger partial charge is 0.355 e. The van der Waals surface area contributed by atoms with Crippen LogP contribution in [-0.2, 0) is 14.9 Å². The van der Waals surface area contributed by atoms with Crippen LogP contribution in [-0.4, -0.2) is 29.6 Å². The van der Waals surface area contributed by atoms with Crippen molar-refractivity contribution < 1.29 is 32.3 Å². The zero-order valence-corrected chi connectivity index (χ0v) is 14.8. The van der Waals surface area contributed by atoms with Crippen LogP contribution in [0.15, 0.2) is 47.4 Å². The molecule has 0 bridgehead atoms. The minimum absolute atomic E-state index is 0.178. The third-order valence-electron chi connectivity index (χ3n) is 3.10. The van der Waals surface area contributed by atoms with E-state index in [1.807, 2.05) is 0 Å². The van der Waals surface area contributed by atoms with Crippen molar-refractivity contribution in [2.45, 2.75) is 24.3 Å². The second kappa shape index (κ2) is 6.91. The van der Waals surface area contributed by atoms with Crippen molar-refractivity contribution in [2.75, 3.05) is 0 Å². The number of carbonyl (C=O) groups is 1. The molecule has 0 atom stereocenters. The van der Waals surface area contributed by atoms with Crippen molar-refractivity contribution in [3.8, 4) is 17.2 Å². The summed E-state index contributed by atoms with van der Waals surface area (Å²) in [6.45, 7) is 2.93. The van der Waals surface area contributed by atoms with Gasteiger partial charge in [0, 0.05) is 11.1 Å². The van der Waals surface area contributed by atoms with E-state index < -0.39 is 32.3 Å². The number of halogens is 1. The van der Waals surface area contributed by atoms with E-state index in [0.29, 0.717) is 10.8 Å².